The summed E-state index contributed by atoms with van der Waals surface area (Å²) in [6, 6.07) is 3.48. The van der Waals surface area contributed by atoms with Gasteiger partial charge >= 0.3 is 6.09 Å². The molecule has 1 aromatic rings. The van der Waals surface area contributed by atoms with Crippen molar-refractivity contribution in [3.05, 3.63) is 12.1 Å². The van der Waals surface area contributed by atoms with Gasteiger partial charge < -0.3 is 9.64 Å². The number of nitrogens with one attached hydrogen (secondary N) is 2. The Labute approximate surface area is 93.8 Å². The highest BCUT2D eigenvalue weighted by atomic mass is 16.5. The molecule has 0 aliphatic rings. The lowest BCUT2D eigenvalue weighted by atomic mass is 10.5. The summed E-state index contributed by atoms with van der Waals surface area (Å²) in [7, 11) is 3.74. The van der Waals surface area contributed by atoms with Crippen molar-refractivity contribution in [2.24, 2.45) is 0 Å². The molecule has 1 rings (SSSR count). The van der Waals surface area contributed by atoms with E-state index in [-0.39, 0.29) is 0 Å². The van der Waals surface area contributed by atoms with Gasteiger partial charge in [0.15, 0.2) is 11.6 Å². The fourth-order valence-corrected chi connectivity index (χ4v) is 0.913. The predicted molar refractivity (Wildman–Crippen MR) is 60.1 cm³/mol. The highest BCUT2D eigenvalue weighted by Gasteiger charge is 2.01. The second-order valence-corrected chi connectivity index (χ2v) is 3.14. The van der Waals surface area contributed by atoms with Gasteiger partial charge in [-0.1, -0.05) is 0 Å². The average Bonchev–Trinajstić information content (AvgIpc) is 2.27. The van der Waals surface area contributed by atoms with Gasteiger partial charge in [-0.15, -0.1) is 10.2 Å². The maximum absolute atomic E-state index is 10.9. The number of ether oxygens (including phenoxy) is 1. The molecule has 0 aliphatic carbocycles. The van der Waals surface area contributed by atoms with E-state index in [1.54, 1.807) is 19.1 Å². The third-order valence-corrected chi connectivity index (χ3v) is 1.68. The van der Waals surface area contributed by atoms with Crippen molar-refractivity contribution in [1.82, 2.24) is 15.6 Å². The minimum atomic E-state index is -0.555. The Morgan fingerprint density at radius 3 is 2.69 bits per heavy atom. The first-order chi connectivity index (χ1) is 7.63. The van der Waals surface area contributed by atoms with E-state index in [1.807, 2.05) is 19.0 Å². The summed E-state index contributed by atoms with van der Waals surface area (Å²) in [4.78, 5) is 12.8. The number of hydrogen-bond acceptors (Lipinski definition) is 6. The van der Waals surface area contributed by atoms with Gasteiger partial charge in [-0.2, -0.15) is 0 Å². The third kappa shape index (κ3) is 3.60. The zero-order valence-corrected chi connectivity index (χ0v) is 9.52. The first-order valence-electron chi connectivity index (χ1n) is 4.83. The van der Waals surface area contributed by atoms with Gasteiger partial charge in [0.2, 0.25) is 0 Å². The molecule has 1 amide bonds. The van der Waals surface area contributed by atoms with E-state index in [2.05, 4.69) is 25.8 Å². The summed E-state index contributed by atoms with van der Waals surface area (Å²) in [6.45, 7) is 2.05. The van der Waals surface area contributed by atoms with Crippen molar-refractivity contribution in [2.75, 3.05) is 31.0 Å². The Hall–Kier alpha value is -2.05. The first-order valence-corrected chi connectivity index (χ1v) is 4.83. The fourth-order valence-electron chi connectivity index (χ4n) is 0.913. The Kier molecular flexibility index (Phi) is 4.31. The predicted octanol–water partition coefficient (Wildman–Crippen LogP) is 0.616. The lowest BCUT2D eigenvalue weighted by Gasteiger charge is -2.11. The third-order valence-electron chi connectivity index (χ3n) is 1.68. The van der Waals surface area contributed by atoms with Crippen molar-refractivity contribution >= 4 is 17.7 Å². The van der Waals surface area contributed by atoms with E-state index >= 15 is 0 Å². The zero-order valence-electron chi connectivity index (χ0n) is 9.52. The Morgan fingerprint density at radius 1 is 1.44 bits per heavy atom. The molecule has 88 valence electrons. The molecular weight excluding hydrogens is 210 g/mol. The lowest BCUT2D eigenvalue weighted by molar-refractivity contribution is 0.154. The molecule has 0 saturated heterocycles. The monoisotopic (exact) mass is 225 g/mol. The highest BCUT2D eigenvalue weighted by molar-refractivity contribution is 5.68. The maximum atomic E-state index is 10.9. The number of hydrogen-bond donors (Lipinski definition) is 2. The molecule has 7 heteroatoms. The minimum absolute atomic E-state index is 0.318. The molecule has 0 fully saturated rings. The molecule has 0 aliphatic heterocycles. The van der Waals surface area contributed by atoms with Gasteiger partial charge in [-0.3, -0.25) is 5.43 Å². The van der Waals surface area contributed by atoms with Crippen LogP contribution in [0.15, 0.2) is 12.1 Å². The summed E-state index contributed by atoms with van der Waals surface area (Å²) in [5.41, 5.74) is 4.90. The van der Waals surface area contributed by atoms with E-state index < -0.39 is 6.09 Å². The SMILES string of the molecule is CCOC(=O)NNc1ccc(N(C)C)nn1. The Bertz CT molecular complexity index is 338. The molecule has 1 aromatic heterocycles. The summed E-state index contributed by atoms with van der Waals surface area (Å²) in [6.07, 6.45) is -0.555. The topological polar surface area (TPSA) is 79.4 Å². The van der Waals surface area contributed by atoms with Crippen LogP contribution in [-0.2, 0) is 4.74 Å². The van der Waals surface area contributed by atoms with E-state index in [4.69, 9.17) is 0 Å². The number of rotatable bonds is 4. The van der Waals surface area contributed by atoms with Gasteiger partial charge in [-0.05, 0) is 19.1 Å². The number of carbonyl (C=O) groups is 1. The second kappa shape index (κ2) is 5.74. The fraction of sp³-hybridized carbons (Fsp3) is 0.444. The minimum Gasteiger partial charge on any atom is -0.449 e. The molecule has 7 nitrogen and oxygen atoms in total. The van der Waals surface area contributed by atoms with Crippen LogP contribution in [0.4, 0.5) is 16.4 Å². The molecule has 0 aromatic carbocycles. The average molecular weight is 225 g/mol. The maximum Gasteiger partial charge on any atom is 0.425 e. The molecule has 0 saturated carbocycles. The Balaban J connectivity index is 2.46. The van der Waals surface area contributed by atoms with Crippen molar-refractivity contribution in [2.45, 2.75) is 6.92 Å². The molecule has 0 atom stereocenters. The van der Waals surface area contributed by atoms with Gasteiger partial charge in [0.1, 0.15) is 0 Å². The molecular formula is C9H15N5O2. The van der Waals surface area contributed by atoms with Crippen LogP contribution in [0.25, 0.3) is 0 Å². The van der Waals surface area contributed by atoms with Crippen molar-refractivity contribution in [1.29, 1.82) is 0 Å². The van der Waals surface area contributed by atoms with Crippen LogP contribution in [0.1, 0.15) is 6.92 Å². The van der Waals surface area contributed by atoms with E-state index in [1.165, 1.54) is 0 Å². The standard InChI is InChI=1S/C9H15N5O2/c1-4-16-9(15)13-11-7-5-6-8(12-10-7)14(2)3/h5-6H,4H2,1-3H3,(H,10,11)(H,13,15). The smallest absolute Gasteiger partial charge is 0.425 e. The largest absolute Gasteiger partial charge is 0.449 e. The van der Waals surface area contributed by atoms with Gasteiger partial charge in [0.05, 0.1) is 6.61 Å². The van der Waals surface area contributed by atoms with Crippen molar-refractivity contribution in [3.63, 3.8) is 0 Å². The molecule has 0 unspecified atom stereocenters. The summed E-state index contributed by atoms with van der Waals surface area (Å²) >= 11 is 0. The van der Waals surface area contributed by atoms with E-state index in [0.717, 1.165) is 5.82 Å². The molecule has 0 radical (unpaired) electrons. The summed E-state index contributed by atoms with van der Waals surface area (Å²) < 4.78 is 4.66. The molecule has 1 heterocycles. The number of nitrogens with zero attached hydrogens (tertiary/aromatic N) is 3. The van der Waals surface area contributed by atoms with Crippen molar-refractivity contribution in [3.8, 4) is 0 Å². The number of amides is 1. The van der Waals surface area contributed by atoms with Crippen LogP contribution in [0.5, 0.6) is 0 Å². The van der Waals surface area contributed by atoms with Crippen molar-refractivity contribution < 1.29 is 9.53 Å². The first kappa shape index (κ1) is 12.0. The van der Waals surface area contributed by atoms with Crippen LogP contribution < -0.4 is 15.8 Å². The molecule has 0 spiro atoms. The van der Waals surface area contributed by atoms with Crippen LogP contribution >= 0.6 is 0 Å². The molecule has 16 heavy (non-hydrogen) atoms. The number of anilines is 2. The van der Waals surface area contributed by atoms with Gasteiger partial charge in [0.25, 0.3) is 0 Å². The van der Waals surface area contributed by atoms with Crippen LogP contribution in [0.3, 0.4) is 0 Å². The van der Waals surface area contributed by atoms with Crippen LogP contribution in [0, 0.1) is 0 Å². The normalized spacial score (nSPS) is 9.44. The van der Waals surface area contributed by atoms with Crippen LogP contribution in [0.2, 0.25) is 0 Å². The lowest BCUT2D eigenvalue weighted by Crippen LogP contribution is -2.30. The Morgan fingerprint density at radius 2 is 2.19 bits per heavy atom. The number of hydrazine groups is 1. The highest BCUT2D eigenvalue weighted by Crippen LogP contribution is 2.07. The van der Waals surface area contributed by atoms with E-state index in [9.17, 15) is 4.79 Å². The van der Waals surface area contributed by atoms with Crippen LogP contribution in [-0.4, -0.2) is 37.0 Å². The summed E-state index contributed by atoms with van der Waals surface area (Å²) in [5, 5.41) is 7.78. The van der Waals surface area contributed by atoms with Gasteiger partial charge in [0, 0.05) is 14.1 Å². The second-order valence-electron chi connectivity index (χ2n) is 3.14. The quantitative estimate of drug-likeness (QED) is 0.731. The molecule has 0 bridgehead atoms. The zero-order chi connectivity index (χ0) is 12.0. The van der Waals surface area contributed by atoms with E-state index in [0.29, 0.717) is 12.4 Å². The number of carbonyl (C=O) groups excluding carboxylic acids is 1. The number of aromatic nitrogens is 2. The summed E-state index contributed by atoms with van der Waals surface area (Å²) in [5.74, 6) is 1.18. The van der Waals surface area contributed by atoms with Gasteiger partial charge in [-0.25, -0.2) is 10.2 Å². The molecule has 2 N–H and O–H groups in total.